The molecule has 0 aliphatic carbocycles. The van der Waals surface area contributed by atoms with Gasteiger partial charge in [-0.3, -0.25) is 19.4 Å². The number of aliphatic hydroxyl groups is 1. The number of hydrogen-bond acceptors (Lipinski definition) is 7. The Morgan fingerprint density at radius 2 is 1.28 bits per heavy atom. The van der Waals surface area contributed by atoms with Gasteiger partial charge in [-0.25, -0.2) is 4.79 Å². The number of ether oxygens (including phenoxy) is 1. The van der Waals surface area contributed by atoms with Crippen molar-refractivity contribution in [3.8, 4) is 0 Å². The highest BCUT2D eigenvalue weighted by Gasteiger charge is 2.37. The molecule has 0 spiro atoms. The lowest BCUT2D eigenvalue weighted by Crippen LogP contribution is -2.58. The summed E-state index contributed by atoms with van der Waals surface area (Å²) in [6.07, 6.45) is -0.862. The minimum atomic E-state index is -1.23. The molecule has 0 aliphatic rings. The Bertz CT molecular complexity index is 1840. The van der Waals surface area contributed by atoms with Crippen molar-refractivity contribution in [3.63, 3.8) is 0 Å². The van der Waals surface area contributed by atoms with Gasteiger partial charge in [0.05, 0.1) is 18.6 Å². The van der Waals surface area contributed by atoms with Gasteiger partial charge >= 0.3 is 6.09 Å². The van der Waals surface area contributed by atoms with E-state index in [1.807, 2.05) is 135 Å². The Morgan fingerprint density at radius 3 is 1.83 bits per heavy atom. The van der Waals surface area contributed by atoms with Crippen LogP contribution in [-0.4, -0.2) is 72.2 Å². The third-order valence-electron chi connectivity index (χ3n) is 9.49. The lowest BCUT2D eigenvalue weighted by atomic mass is 9.84. The topological polar surface area (TPSA) is 210 Å². The molecule has 9 N–H and O–H groups in total. The van der Waals surface area contributed by atoms with Gasteiger partial charge in [-0.2, -0.15) is 0 Å². The molecule has 13 nitrogen and oxygen atoms in total. The molecule has 58 heavy (non-hydrogen) atoms. The zero-order valence-corrected chi connectivity index (χ0v) is 33.3. The first-order valence-electron chi connectivity index (χ1n) is 19.7. The molecule has 0 saturated carbocycles. The number of rotatable bonds is 22. The van der Waals surface area contributed by atoms with Gasteiger partial charge in [-0.15, -0.1) is 0 Å². The van der Waals surface area contributed by atoms with Crippen LogP contribution in [0.5, 0.6) is 0 Å². The number of alkyl carbamates (subject to hydrolysis) is 1. The Balaban J connectivity index is 1.60. The maximum atomic E-state index is 14.7. The van der Waals surface area contributed by atoms with Gasteiger partial charge in [0, 0.05) is 19.0 Å². The fourth-order valence-electron chi connectivity index (χ4n) is 6.62. The van der Waals surface area contributed by atoms with Crippen LogP contribution in [0.25, 0.3) is 0 Å². The first-order chi connectivity index (χ1) is 28.0. The van der Waals surface area contributed by atoms with Crippen LogP contribution in [0.2, 0.25) is 0 Å². The molecule has 0 aromatic heterocycles. The maximum Gasteiger partial charge on any atom is 0.408 e. The Kier molecular flexibility index (Phi) is 18.2. The highest BCUT2D eigenvalue weighted by Crippen LogP contribution is 2.29. The van der Waals surface area contributed by atoms with E-state index in [1.165, 1.54) is 0 Å². The molecule has 0 unspecified atom stereocenters. The molecule has 0 fully saturated rings. The minimum absolute atomic E-state index is 0.0191. The molecule has 0 heterocycles. The number of nitrogens with one attached hydrogen (secondary N) is 4. The first-order valence-corrected chi connectivity index (χ1v) is 19.7. The number of amides is 4. The SMILES string of the molecule is CC(C)C[C@H](NC(=O)[C@@H](NC(=O)[C@H](CCCN=C(N)N)NC(=O)OCc1ccccc1)C(c1ccccc1)c1ccccc1)[C@@H](O)CC(=O)NCCc1ccccc1. The number of carbonyl (C=O) groups excluding carboxylic acids is 4. The summed E-state index contributed by atoms with van der Waals surface area (Å²) in [5.41, 5.74) is 14.4. The normalized spacial score (nSPS) is 13.1. The summed E-state index contributed by atoms with van der Waals surface area (Å²) in [6.45, 7) is 4.48. The molecule has 4 atom stereocenters. The van der Waals surface area contributed by atoms with Crippen molar-refractivity contribution in [2.24, 2.45) is 22.4 Å². The van der Waals surface area contributed by atoms with Crippen molar-refractivity contribution >= 4 is 29.8 Å². The van der Waals surface area contributed by atoms with Crippen molar-refractivity contribution in [3.05, 3.63) is 144 Å². The third-order valence-corrected chi connectivity index (χ3v) is 9.49. The molecule has 4 rings (SSSR count). The summed E-state index contributed by atoms with van der Waals surface area (Å²) in [5, 5.41) is 23.0. The number of aliphatic imine (C=N–C) groups is 1. The van der Waals surface area contributed by atoms with E-state index in [-0.39, 0.29) is 43.8 Å². The zero-order valence-electron chi connectivity index (χ0n) is 33.3. The highest BCUT2D eigenvalue weighted by molar-refractivity contribution is 5.92. The Labute approximate surface area is 341 Å². The lowest BCUT2D eigenvalue weighted by Gasteiger charge is -2.33. The summed E-state index contributed by atoms with van der Waals surface area (Å²) in [6, 6.07) is 34.2. The van der Waals surface area contributed by atoms with Gasteiger partial charge < -0.3 is 42.6 Å². The Hall–Kier alpha value is -6.21. The second-order valence-electron chi connectivity index (χ2n) is 14.6. The number of nitrogens with zero attached hydrogens (tertiary/aromatic N) is 1. The monoisotopic (exact) mass is 791 g/mol. The smallest absolute Gasteiger partial charge is 0.408 e. The molecular weight excluding hydrogens is 735 g/mol. The van der Waals surface area contributed by atoms with Crippen LogP contribution < -0.4 is 32.7 Å². The second kappa shape index (κ2) is 23.8. The molecule has 4 amide bonds. The summed E-state index contributed by atoms with van der Waals surface area (Å²) in [4.78, 5) is 59.2. The van der Waals surface area contributed by atoms with E-state index in [9.17, 15) is 24.3 Å². The first kappa shape index (κ1) is 44.5. The minimum Gasteiger partial charge on any atom is -0.445 e. The molecule has 0 bridgehead atoms. The van der Waals surface area contributed by atoms with Gasteiger partial charge in [0.25, 0.3) is 0 Å². The summed E-state index contributed by atoms with van der Waals surface area (Å²) in [7, 11) is 0. The van der Waals surface area contributed by atoms with Gasteiger partial charge in [0.2, 0.25) is 17.7 Å². The maximum absolute atomic E-state index is 14.7. The van der Waals surface area contributed by atoms with Crippen LogP contribution in [0, 0.1) is 5.92 Å². The van der Waals surface area contributed by atoms with Crippen LogP contribution in [0.15, 0.2) is 126 Å². The van der Waals surface area contributed by atoms with Crippen molar-refractivity contribution in [1.82, 2.24) is 21.3 Å². The number of benzene rings is 4. The number of nitrogens with two attached hydrogens (primary N) is 2. The van der Waals surface area contributed by atoms with Crippen molar-refractivity contribution in [2.75, 3.05) is 13.1 Å². The van der Waals surface area contributed by atoms with E-state index in [4.69, 9.17) is 16.2 Å². The van der Waals surface area contributed by atoms with Gasteiger partial charge in [-0.1, -0.05) is 135 Å². The predicted octanol–water partition coefficient (Wildman–Crippen LogP) is 4.29. The quantitative estimate of drug-likeness (QED) is 0.0346. The van der Waals surface area contributed by atoms with E-state index in [0.29, 0.717) is 25.8 Å². The number of aliphatic hydroxyl groups excluding tert-OH is 1. The largest absolute Gasteiger partial charge is 0.445 e. The van der Waals surface area contributed by atoms with E-state index in [0.717, 1.165) is 22.3 Å². The Morgan fingerprint density at radius 1 is 0.724 bits per heavy atom. The molecule has 0 radical (unpaired) electrons. The molecular formula is C45H57N7O6. The molecule has 308 valence electrons. The number of hydrogen-bond donors (Lipinski definition) is 7. The number of guanidine groups is 1. The summed E-state index contributed by atoms with van der Waals surface area (Å²) < 4.78 is 5.45. The van der Waals surface area contributed by atoms with Crippen LogP contribution in [0.4, 0.5) is 4.79 Å². The standard InChI is InChI=1S/C45H57N7O6/c1-31(2)28-37(38(53)29-39(54)48-27-25-32-16-7-3-8-17-32)50-43(56)41(40(34-20-11-5-12-21-34)35-22-13-6-14-23-35)52-42(55)36(24-15-26-49-44(46)47)51-45(57)58-30-33-18-9-4-10-19-33/h3-14,16-23,31,36-38,40-41,53H,15,24-30H2,1-2H3,(H,48,54)(H,50,56)(H,51,57)(H,52,55)(H4,46,47,49)/t36-,37-,38-,41-/m0/s1. The van der Waals surface area contributed by atoms with Crippen molar-refractivity contribution in [1.29, 1.82) is 0 Å². The van der Waals surface area contributed by atoms with Crippen molar-refractivity contribution < 1.29 is 29.0 Å². The fraction of sp³-hybridized carbons (Fsp3) is 0.356. The molecule has 4 aromatic rings. The predicted molar refractivity (Wildman–Crippen MR) is 225 cm³/mol. The third kappa shape index (κ3) is 15.4. The van der Waals surface area contributed by atoms with Crippen LogP contribution in [0.1, 0.15) is 67.7 Å². The highest BCUT2D eigenvalue weighted by atomic mass is 16.5. The summed E-state index contributed by atoms with van der Waals surface area (Å²) >= 11 is 0. The van der Waals surface area contributed by atoms with E-state index < -0.39 is 48.1 Å². The summed E-state index contributed by atoms with van der Waals surface area (Å²) in [5.74, 6) is -2.34. The van der Waals surface area contributed by atoms with Crippen LogP contribution in [0.3, 0.4) is 0 Å². The molecule has 4 aromatic carbocycles. The van der Waals surface area contributed by atoms with Gasteiger partial charge in [-0.05, 0) is 53.9 Å². The average Bonchev–Trinajstić information content (AvgIpc) is 3.22. The van der Waals surface area contributed by atoms with E-state index >= 15 is 0 Å². The number of carbonyl (C=O) groups is 4. The van der Waals surface area contributed by atoms with E-state index in [1.54, 1.807) is 0 Å². The molecule has 0 aliphatic heterocycles. The average molecular weight is 792 g/mol. The van der Waals surface area contributed by atoms with Crippen LogP contribution >= 0.6 is 0 Å². The van der Waals surface area contributed by atoms with Gasteiger partial charge in [0.15, 0.2) is 5.96 Å². The fourth-order valence-corrected chi connectivity index (χ4v) is 6.62. The molecule has 13 heteroatoms. The zero-order chi connectivity index (χ0) is 41.7. The molecule has 0 saturated heterocycles. The second-order valence-corrected chi connectivity index (χ2v) is 14.6. The van der Waals surface area contributed by atoms with E-state index in [2.05, 4.69) is 26.3 Å². The lowest BCUT2D eigenvalue weighted by molar-refractivity contribution is -0.131. The van der Waals surface area contributed by atoms with Crippen LogP contribution in [-0.2, 0) is 32.1 Å². The van der Waals surface area contributed by atoms with Gasteiger partial charge in [0.1, 0.15) is 18.7 Å². The van der Waals surface area contributed by atoms with Crippen molar-refractivity contribution in [2.45, 2.75) is 82.7 Å².